The fourth-order valence-corrected chi connectivity index (χ4v) is 1.13. The summed E-state index contributed by atoms with van der Waals surface area (Å²) >= 11 is 10.3. The number of halogens is 2. The first-order valence-corrected chi connectivity index (χ1v) is 3.96. The van der Waals surface area contributed by atoms with Gasteiger partial charge in [-0.05, 0) is 0 Å². The van der Waals surface area contributed by atoms with Crippen molar-refractivity contribution in [2.75, 3.05) is 6.23 Å². The van der Waals surface area contributed by atoms with Gasteiger partial charge in [0.15, 0.2) is 0 Å². The summed E-state index contributed by atoms with van der Waals surface area (Å²) in [5, 5.41) is -0.623. The summed E-state index contributed by atoms with van der Waals surface area (Å²) in [5.74, 6) is 0. The van der Waals surface area contributed by atoms with Crippen LogP contribution in [0.1, 0.15) is 0 Å². The Morgan fingerprint density at radius 3 is 2.17 bits per heavy atom. The molecule has 0 rings (SSSR count). The summed E-state index contributed by atoms with van der Waals surface area (Å²) in [6.07, 6.45) is 0.706. The maximum atomic E-state index is 5.14. The van der Waals surface area contributed by atoms with Crippen LogP contribution in [0.15, 0.2) is 0 Å². The number of rotatable bonds is 2. The zero-order chi connectivity index (χ0) is 4.99. The van der Waals surface area contributed by atoms with E-state index in [4.69, 9.17) is 23.2 Å². The molecule has 6 heavy (non-hydrogen) atoms. The molecule has 38 valence electrons. The van der Waals surface area contributed by atoms with Gasteiger partial charge in [0, 0.05) is 16.5 Å². The van der Waals surface area contributed by atoms with Crippen molar-refractivity contribution in [3.05, 3.63) is 0 Å². The molecule has 0 unspecified atom stereocenters. The quantitative estimate of drug-likeness (QED) is 0.395. The lowest BCUT2D eigenvalue weighted by Crippen LogP contribution is -1.96. The van der Waals surface area contributed by atoms with Gasteiger partial charge in [-0.1, -0.05) is 23.2 Å². The summed E-state index contributed by atoms with van der Waals surface area (Å²) in [7, 11) is 0.996. The van der Waals surface area contributed by atoms with Crippen molar-refractivity contribution in [3.8, 4) is 0 Å². The van der Waals surface area contributed by atoms with Crippen LogP contribution in [0.5, 0.6) is 0 Å². The Morgan fingerprint density at radius 2 is 2.17 bits per heavy atom. The van der Waals surface area contributed by atoms with E-state index in [-0.39, 0.29) is 0 Å². The van der Waals surface area contributed by atoms with Crippen molar-refractivity contribution in [1.82, 2.24) is 0 Å². The summed E-state index contributed by atoms with van der Waals surface area (Å²) < 4.78 is 4.63. The summed E-state index contributed by atoms with van der Waals surface area (Å²) in [4.78, 5) is 0. The molecule has 0 aromatic heterocycles. The number of alkyl halides is 2. The van der Waals surface area contributed by atoms with Crippen molar-refractivity contribution in [2.45, 2.75) is 5.02 Å². The molecule has 0 aromatic rings. The number of hydrogen-bond donors (Lipinski definition) is 0. The smallest absolute Gasteiger partial charge is 0.206 e. The summed E-state index contributed by atoms with van der Waals surface area (Å²) in [6, 6.07) is 0. The van der Waals surface area contributed by atoms with Gasteiger partial charge in [0.05, 0.1) is 0 Å². The van der Waals surface area contributed by atoms with Gasteiger partial charge in [0.1, 0.15) is 0 Å². The molecule has 0 fully saturated rings. The second-order valence-corrected chi connectivity index (χ2v) is 2.31. The molecule has 0 aliphatic carbocycles. The average Bonchev–Trinajstić information content (AvgIpc) is 1.35. The molecule has 0 spiro atoms. The Bertz CT molecular complexity index is 32.7. The first kappa shape index (κ1) is 6.76. The van der Waals surface area contributed by atoms with E-state index in [1.807, 2.05) is 0 Å². The van der Waals surface area contributed by atoms with Crippen molar-refractivity contribution in [3.63, 3.8) is 0 Å². The van der Waals surface area contributed by atoms with E-state index in [0.717, 1.165) is 10.2 Å². The van der Waals surface area contributed by atoms with Crippen LogP contribution in [0.3, 0.4) is 0 Å². The first-order valence-electron chi connectivity index (χ1n) is 1.67. The molecule has 4 heteroatoms. The average molecular weight is 145 g/mol. The monoisotopic (exact) mass is 144 g/mol. The van der Waals surface area contributed by atoms with Gasteiger partial charge < -0.3 is 4.74 Å². The van der Waals surface area contributed by atoms with Crippen molar-refractivity contribution in [1.29, 1.82) is 0 Å². The van der Waals surface area contributed by atoms with E-state index in [2.05, 4.69) is 4.74 Å². The number of ether oxygens (including phenoxy) is 1. The van der Waals surface area contributed by atoms with E-state index in [1.54, 1.807) is 0 Å². The van der Waals surface area contributed by atoms with Gasteiger partial charge in [0.25, 0.3) is 0 Å². The maximum absolute atomic E-state index is 5.14. The molecule has 0 radical (unpaired) electrons. The van der Waals surface area contributed by atoms with Crippen molar-refractivity contribution < 1.29 is 4.74 Å². The van der Waals surface area contributed by atoms with Crippen molar-refractivity contribution in [2.24, 2.45) is 0 Å². The highest BCUT2D eigenvalue weighted by molar-refractivity contribution is 6.43. The van der Waals surface area contributed by atoms with Crippen LogP contribution in [0.25, 0.3) is 0 Å². The minimum absolute atomic E-state index is 0.623. The van der Waals surface area contributed by atoms with Gasteiger partial charge in [-0.3, -0.25) is 0 Å². The molecule has 0 amide bonds. The Kier molecular flexibility index (Phi) is 4.43. The molecule has 0 saturated carbocycles. The SMILES string of the molecule is [SiH3]COC(Cl)Cl. The third-order valence-electron chi connectivity index (χ3n) is 0.293. The Balaban J connectivity index is 2.63. The number of hydrogen-bond acceptors (Lipinski definition) is 1. The Hall–Kier alpha value is 0.757. The molecule has 0 heterocycles. The third kappa shape index (κ3) is 4.76. The van der Waals surface area contributed by atoms with E-state index in [1.165, 1.54) is 0 Å². The van der Waals surface area contributed by atoms with E-state index < -0.39 is 5.02 Å². The van der Waals surface area contributed by atoms with Gasteiger partial charge in [-0.2, -0.15) is 0 Å². The van der Waals surface area contributed by atoms with Crippen molar-refractivity contribution >= 4 is 33.4 Å². The van der Waals surface area contributed by atoms with E-state index in [9.17, 15) is 0 Å². The van der Waals surface area contributed by atoms with Gasteiger partial charge in [-0.15, -0.1) is 0 Å². The highest BCUT2D eigenvalue weighted by Gasteiger charge is 1.90. The molecule has 1 nitrogen and oxygen atoms in total. The zero-order valence-electron chi connectivity index (χ0n) is 3.45. The Morgan fingerprint density at radius 1 is 1.67 bits per heavy atom. The fourth-order valence-electron chi connectivity index (χ4n) is 0.126. The maximum Gasteiger partial charge on any atom is 0.206 e. The Labute approximate surface area is 50.0 Å². The minimum atomic E-state index is -0.623. The fraction of sp³-hybridized carbons (Fsp3) is 1.00. The van der Waals surface area contributed by atoms with Crippen LogP contribution < -0.4 is 0 Å². The predicted molar refractivity (Wildman–Crippen MR) is 31.4 cm³/mol. The molecule has 0 saturated heterocycles. The van der Waals surface area contributed by atoms with Gasteiger partial charge in [-0.25, -0.2) is 0 Å². The lowest BCUT2D eigenvalue weighted by molar-refractivity contribution is 0.204. The lowest BCUT2D eigenvalue weighted by Gasteiger charge is -1.95. The third-order valence-corrected chi connectivity index (χ3v) is 0.878. The van der Waals surface area contributed by atoms with E-state index >= 15 is 0 Å². The second-order valence-electron chi connectivity index (χ2n) is 0.716. The predicted octanol–water partition coefficient (Wildman–Crippen LogP) is 0.0871. The molecular formula is C2H6Cl2OSi. The van der Waals surface area contributed by atoms with Gasteiger partial charge in [0.2, 0.25) is 5.02 Å². The normalized spacial score (nSPS) is 10.5. The highest BCUT2D eigenvalue weighted by atomic mass is 35.5. The summed E-state index contributed by atoms with van der Waals surface area (Å²) in [6.45, 7) is 0. The van der Waals surface area contributed by atoms with Crippen LogP contribution in [0.4, 0.5) is 0 Å². The minimum Gasteiger partial charge on any atom is -0.353 e. The first-order chi connectivity index (χ1) is 2.77. The second kappa shape index (κ2) is 3.93. The molecule has 0 aromatic carbocycles. The van der Waals surface area contributed by atoms with Crippen LogP contribution >= 0.6 is 23.2 Å². The zero-order valence-corrected chi connectivity index (χ0v) is 6.96. The highest BCUT2D eigenvalue weighted by Crippen LogP contribution is 2.00. The molecule has 0 atom stereocenters. The van der Waals surface area contributed by atoms with Crippen LogP contribution in [-0.4, -0.2) is 21.5 Å². The molecule has 0 aliphatic rings. The molecule has 0 N–H and O–H groups in total. The molecule has 0 bridgehead atoms. The van der Waals surface area contributed by atoms with Gasteiger partial charge >= 0.3 is 0 Å². The standard InChI is InChI=1S/C2H6Cl2OSi/c3-2(4)5-1-6/h2H,1H2,6H3. The molecule has 0 aliphatic heterocycles. The lowest BCUT2D eigenvalue weighted by atomic mass is 11.5. The summed E-state index contributed by atoms with van der Waals surface area (Å²) in [5.41, 5.74) is 0. The largest absolute Gasteiger partial charge is 0.353 e. The topological polar surface area (TPSA) is 9.23 Å². The van der Waals surface area contributed by atoms with Crippen LogP contribution in [0, 0.1) is 0 Å². The van der Waals surface area contributed by atoms with Crippen LogP contribution in [-0.2, 0) is 4.74 Å². The van der Waals surface area contributed by atoms with E-state index in [0.29, 0.717) is 6.23 Å². The van der Waals surface area contributed by atoms with Crippen LogP contribution in [0.2, 0.25) is 0 Å². The molecular weight excluding hydrogens is 139 g/mol.